The Hall–Kier alpha value is -9.00. The van der Waals surface area contributed by atoms with E-state index in [1.54, 1.807) is 71.2 Å². The zero-order chi connectivity index (χ0) is 43.9. The average Bonchev–Trinajstić information content (AvgIpc) is 4.10. The summed E-state index contributed by atoms with van der Waals surface area (Å²) < 4.78 is 5.25. The van der Waals surface area contributed by atoms with E-state index in [0.717, 1.165) is 61.8 Å². The number of aryl methyl sites for hydroxylation is 4. The van der Waals surface area contributed by atoms with Crippen LogP contribution in [0.2, 0.25) is 0 Å². The van der Waals surface area contributed by atoms with E-state index < -0.39 is 0 Å². The first kappa shape index (κ1) is 40.8. The van der Waals surface area contributed by atoms with Crippen molar-refractivity contribution in [1.82, 2.24) is 89.4 Å². The molecule has 0 unspecified atom stereocenters. The van der Waals surface area contributed by atoms with Crippen LogP contribution in [0.15, 0.2) is 97.3 Å². The maximum Gasteiger partial charge on any atom is 0.202 e. The number of nitrogens with two attached hydrogens (primary N) is 2. The van der Waals surface area contributed by atoms with Crippen molar-refractivity contribution in [3.05, 3.63) is 144 Å². The lowest BCUT2D eigenvalue weighted by molar-refractivity contribution is 0.694. The van der Waals surface area contributed by atoms with E-state index in [1.807, 2.05) is 62.7 Å². The Kier molecular flexibility index (Phi) is 11.7. The van der Waals surface area contributed by atoms with Gasteiger partial charge in [-0.3, -0.25) is 5.10 Å². The van der Waals surface area contributed by atoms with E-state index in [0.29, 0.717) is 53.8 Å². The SMILES string of the molecule is Cc1ncc(Cn2nc(-c3n[nH]c(C)n3)c3cccnc32)cn1.Cc1ncc(Cn2nc(/C(N)=N/N)c3cccnc32)cn1.Cc1ncc(Cn2nc(C#N)c3cccnc32)cn1. The van der Waals surface area contributed by atoms with Crippen LogP contribution >= 0.6 is 0 Å². The van der Waals surface area contributed by atoms with Crippen LogP contribution in [0.3, 0.4) is 0 Å². The van der Waals surface area contributed by atoms with Crippen LogP contribution in [0.25, 0.3) is 44.6 Å². The molecular formula is C41H38N22. The van der Waals surface area contributed by atoms with Gasteiger partial charge in [-0.1, -0.05) is 0 Å². The zero-order valence-corrected chi connectivity index (χ0v) is 34.4. The van der Waals surface area contributed by atoms with Crippen molar-refractivity contribution in [2.45, 2.75) is 47.3 Å². The third-order valence-corrected chi connectivity index (χ3v) is 9.32. The molecule has 0 aliphatic heterocycles. The molecule has 63 heavy (non-hydrogen) atoms. The number of hydrogen-bond donors (Lipinski definition) is 3. The molecule has 10 aromatic heterocycles. The number of aromatic nitrogens is 18. The van der Waals surface area contributed by atoms with Crippen molar-refractivity contribution in [1.29, 1.82) is 5.26 Å². The molecule has 22 heteroatoms. The Bertz CT molecular complexity index is 3230. The van der Waals surface area contributed by atoms with Gasteiger partial charge < -0.3 is 11.6 Å². The quantitative estimate of drug-likeness (QED) is 0.0856. The number of hydrazone groups is 1. The van der Waals surface area contributed by atoms with Gasteiger partial charge in [0.05, 0.1) is 35.8 Å². The van der Waals surface area contributed by atoms with Crippen LogP contribution < -0.4 is 11.6 Å². The first-order valence-corrected chi connectivity index (χ1v) is 19.3. The number of fused-ring (bicyclic) bond motifs is 3. The normalized spacial score (nSPS) is 11.3. The lowest BCUT2D eigenvalue weighted by Gasteiger charge is -2.02. The molecule has 0 spiro atoms. The summed E-state index contributed by atoms with van der Waals surface area (Å²) in [5.74, 6) is 8.93. The van der Waals surface area contributed by atoms with Gasteiger partial charge >= 0.3 is 0 Å². The summed E-state index contributed by atoms with van der Waals surface area (Å²) >= 11 is 0. The highest BCUT2D eigenvalue weighted by atomic mass is 15.3. The molecule has 10 heterocycles. The summed E-state index contributed by atoms with van der Waals surface area (Å²) in [6.45, 7) is 8.92. The largest absolute Gasteiger partial charge is 0.380 e. The molecule has 0 aromatic carbocycles. The molecule has 0 atom stereocenters. The second kappa shape index (κ2) is 18.1. The topological polar surface area (TPSA) is 299 Å². The predicted octanol–water partition coefficient (Wildman–Crippen LogP) is 3.28. The average molecular weight is 839 g/mol. The maximum absolute atomic E-state index is 9.07. The van der Waals surface area contributed by atoms with Crippen molar-refractivity contribution in [2.75, 3.05) is 0 Å². The monoisotopic (exact) mass is 838 g/mol. The summed E-state index contributed by atoms with van der Waals surface area (Å²) in [7, 11) is 0. The van der Waals surface area contributed by atoms with E-state index in [4.69, 9.17) is 16.8 Å². The summed E-state index contributed by atoms with van der Waals surface area (Å²) in [6.07, 6.45) is 15.8. The molecule has 0 fully saturated rings. The molecule has 0 amide bonds. The van der Waals surface area contributed by atoms with Crippen LogP contribution in [0.4, 0.5) is 0 Å². The van der Waals surface area contributed by atoms with Gasteiger partial charge in [0.2, 0.25) is 5.82 Å². The van der Waals surface area contributed by atoms with Gasteiger partial charge in [-0.2, -0.15) is 30.8 Å². The molecule has 312 valence electrons. The minimum atomic E-state index is 0.173. The molecular weight excluding hydrogens is 801 g/mol. The number of pyridine rings is 3. The van der Waals surface area contributed by atoms with Gasteiger partial charge in [0.1, 0.15) is 40.8 Å². The lowest BCUT2D eigenvalue weighted by atomic mass is 10.2. The molecule has 10 aromatic rings. The number of hydrogen-bond acceptors (Lipinski definition) is 17. The fourth-order valence-electron chi connectivity index (χ4n) is 6.33. The number of aromatic amines is 1. The zero-order valence-electron chi connectivity index (χ0n) is 34.4. The first-order chi connectivity index (χ1) is 30.7. The van der Waals surface area contributed by atoms with E-state index in [-0.39, 0.29) is 5.84 Å². The summed E-state index contributed by atoms with van der Waals surface area (Å²) in [5.41, 5.74) is 12.4. The van der Waals surface area contributed by atoms with E-state index >= 15 is 0 Å². The smallest absolute Gasteiger partial charge is 0.202 e. The molecule has 0 radical (unpaired) electrons. The standard InChI is InChI=1S/C15H14N8.C13H14N8.C13H10N6/c1-9-17-6-11(7-18-9)8-23-15-12(4-3-5-16-15)13(22-23)14-19-10(2)20-21-14;1-8-17-5-9(6-18-8)7-21-13-10(3-2-4-16-13)11(20-21)12(14)19-15;1-9-16-6-10(7-17-9)8-19-13-11(3-2-4-15-13)12(5-14)18-19/h3-7H,8H2,1-2H3,(H,19,20,21);2-6H,7,15H2,1H3,(H2,14,19);2-4,6-7H,8H2,1H3. The van der Waals surface area contributed by atoms with Gasteiger partial charge in [0.15, 0.2) is 28.5 Å². The molecule has 0 bridgehead atoms. The highest BCUT2D eigenvalue weighted by Gasteiger charge is 2.18. The fourth-order valence-corrected chi connectivity index (χ4v) is 6.33. The molecule has 0 aliphatic rings. The molecule has 0 saturated heterocycles. The number of nitrogens with one attached hydrogen (secondary N) is 1. The molecule has 0 saturated carbocycles. The predicted molar refractivity (Wildman–Crippen MR) is 230 cm³/mol. The summed E-state index contributed by atoms with van der Waals surface area (Å²) in [5, 5.41) is 35.5. The van der Waals surface area contributed by atoms with Crippen LogP contribution in [0.5, 0.6) is 0 Å². The number of amidine groups is 1. The second-order valence-electron chi connectivity index (χ2n) is 13.9. The Morgan fingerprint density at radius 1 is 0.619 bits per heavy atom. The molecule has 22 nitrogen and oxygen atoms in total. The van der Waals surface area contributed by atoms with Crippen LogP contribution in [-0.2, 0) is 19.6 Å². The van der Waals surface area contributed by atoms with Gasteiger partial charge in [-0.25, -0.2) is 63.9 Å². The number of nitriles is 1. The number of rotatable bonds is 8. The van der Waals surface area contributed by atoms with Crippen molar-refractivity contribution < 1.29 is 0 Å². The third-order valence-electron chi connectivity index (χ3n) is 9.32. The van der Waals surface area contributed by atoms with Gasteiger partial charge in [-0.05, 0) is 64.1 Å². The minimum absolute atomic E-state index is 0.173. The summed E-state index contributed by atoms with van der Waals surface area (Å²) in [6, 6.07) is 13.3. The lowest BCUT2D eigenvalue weighted by Crippen LogP contribution is -2.17. The molecule has 5 N–H and O–H groups in total. The van der Waals surface area contributed by atoms with Crippen molar-refractivity contribution in [3.8, 4) is 17.6 Å². The van der Waals surface area contributed by atoms with E-state index in [9.17, 15) is 0 Å². The third kappa shape index (κ3) is 9.11. The maximum atomic E-state index is 9.07. The van der Waals surface area contributed by atoms with E-state index in [1.165, 1.54) is 0 Å². The van der Waals surface area contributed by atoms with Crippen LogP contribution in [0.1, 0.15) is 51.4 Å². The minimum Gasteiger partial charge on any atom is -0.380 e. The highest BCUT2D eigenvalue weighted by Crippen LogP contribution is 2.25. The van der Waals surface area contributed by atoms with Gasteiger partial charge in [0.25, 0.3) is 0 Å². The second-order valence-corrected chi connectivity index (χ2v) is 13.9. The van der Waals surface area contributed by atoms with Crippen molar-refractivity contribution in [3.63, 3.8) is 0 Å². The molecule has 0 aliphatic carbocycles. The Morgan fingerprint density at radius 2 is 1.06 bits per heavy atom. The van der Waals surface area contributed by atoms with Crippen molar-refractivity contribution >= 4 is 38.9 Å². The van der Waals surface area contributed by atoms with E-state index in [2.05, 4.69) is 86.5 Å². The Morgan fingerprint density at radius 3 is 1.54 bits per heavy atom. The fraction of sp³-hybridized carbons (Fsp3) is 0.171. The summed E-state index contributed by atoms with van der Waals surface area (Å²) in [4.78, 5) is 42.5. The Balaban J connectivity index is 0.000000130. The van der Waals surface area contributed by atoms with Gasteiger partial charge in [0, 0.05) is 72.5 Å². The number of nitrogens with zero attached hydrogens (tertiary/aromatic N) is 19. The highest BCUT2D eigenvalue weighted by molar-refractivity contribution is 6.06. The molecule has 10 rings (SSSR count). The van der Waals surface area contributed by atoms with Crippen LogP contribution in [-0.4, -0.2) is 95.2 Å². The van der Waals surface area contributed by atoms with Gasteiger partial charge in [-0.15, -0.1) is 0 Å². The van der Waals surface area contributed by atoms with Crippen molar-refractivity contribution in [2.24, 2.45) is 16.7 Å². The Labute approximate surface area is 357 Å². The number of H-pyrrole nitrogens is 1. The first-order valence-electron chi connectivity index (χ1n) is 19.3. The van der Waals surface area contributed by atoms with Crippen LogP contribution in [0, 0.1) is 39.0 Å².